The first-order valence-corrected chi connectivity index (χ1v) is 9.68. The van der Waals surface area contributed by atoms with Crippen molar-refractivity contribution < 1.29 is 14.2 Å². The molecule has 2 aliphatic heterocycles. The lowest BCUT2D eigenvalue weighted by Gasteiger charge is -2.32. The minimum Gasteiger partial charge on any atom is -0.493 e. The Morgan fingerprint density at radius 3 is 2.26 bits per heavy atom. The lowest BCUT2D eigenvalue weighted by atomic mass is 10.1. The second-order valence-corrected chi connectivity index (χ2v) is 7.17. The molecule has 2 aromatic rings. The van der Waals surface area contributed by atoms with Crippen LogP contribution in [0.15, 0.2) is 36.4 Å². The van der Waals surface area contributed by atoms with Gasteiger partial charge in [0, 0.05) is 13.1 Å². The monoisotopic (exact) mass is 368 g/mol. The Morgan fingerprint density at radius 1 is 0.889 bits per heavy atom. The van der Waals surface area contributed by atoms with Gasteiger partial charge in [0.2, 0.25) is 5.75 Å². The van der Waals surface area contributed by atoms with E-state index >= 15 is 0 Å². The summed E-state index contributed by atoms with van der Waals surface area (Å²) < 4.78 is 16.6. The van der Waals surface area contributed by atoms with E-state index in [2.05, 4.69) is 46.2 Å². The summed E-state index contributed by atoms with van der Waals surface area (Å²) in [5.74, 6) is 2.05. The van der Waals surface area contributed by atoms with E-state index in [-0.39, 0.29) is 0 Å². The molecule has 5 nitrogen and oxygen atoms in total. The Morgan fingerprint density at radius 2 is 1.59 bits per heavy atom. The molecule has 2 aliphatic rings. The molecular formula is C22H28N2O3. The average molecular weight is 368 g/mol. The highest BCUT2D eigenvalue weighted by Gasteiger charge is 2.36. The topological polar surface area (TPSA) is 34.2 Å². The number of hydrogen-bond acceptors (Lipinski definition) is 5. The normalized spacial score (nSPS) is 18.6. The minimum absolute atomic E-state index is 0.420. The Labute approximate surface area is 161 Å². The lowest BCUT2D eigenvalue weighted by molar-refractivity contribution is 0.323. The van der Waals surface area contributed by atoms with Crippen LogP contribution in [0.25, 0.3) is 0 Å². The number of methoxy groups -OCH3 is 3. The fourth-order valence-corrected chi connectivity index (χ4v) is 4.42. The maximum atomic E-state index is 5.55. The van der Waals surface area contributed by atoms with E-state index in [0.717, 1.165) is 18.7 Å². The van der Waals surface area contributed by atoms with E-state index in [4.69, 9.17) is 14.2 Å². The van der Waals surface area contributed by atoms with Gasteiger partial charge in [-0.25, -0.2) is 0 Å². The molecule has 27 heavy (non-hydrogen) atoms. The SMILES string of the molecule is COc1cc(CN2c3ccccc3N3CCCCC[C@@H]32)cc(OC)c1OC. The summed E-state index contributed by atoms with van der Waals surface area (Å²) in [7, 11) is 4.97. The van der Waals surface area contributed by atoms with Gasteiger partial charge in [-0.15, -0.1) is 0 Å². The lowest BCUT2D eigenvalue weighted by Crippen LogP contribution is -2.42. The first-order chi connectivity index (χ1) is 13.3. The maximum Gasteiger partial charge on any atom is 0.203 e. The molecule has 4 rings (SSSR count). The van der Waals surface area contributed by atoms with Crippen LogP contribution < -0.4 is 24.0 Å². The zero-order valence-corrected chi connectivity index (χ0v) is 16.4. The van der Waals surface area contributed by atoms with Crippen LogP contribution in [0.4, 0.5) is 11.4 Å². The quantitative estimate of drug-likeness (QED) is 0.779. The number of hydrogen-bond donors (Lipinski definition) is 0. The zero-order chi connectivity index (χ0) is 18.8. The molecule has 2 aromatic carbocycles. The van der Waals surface area contributed by atoms with Gasteiger partial charge < -0.3 is 24.0 Å². The van der Waals surface area contributed by atoms with Crippen molar-refractivity contribution in [3.05, 3.63) is 42.0 Å². The average Bonchev–Trinajstić information content (AvgIpc) is 2.86. The van der Waals surface area contributed by atoms with Gasteiger partial charge in [0.25, 0.3) is 0 Å². The highest BCUT2D eigenvalue weighted by molar-refractivity contribution is 5.77. The molecule has 0 unspecified atom stereocenters. The highest BCUT2D eigenvalue weighted by Crippen LogP contribution is 2.44. The van der Waals surface area contributed by atoms with Crippen molar-refractivity contribution >= 4 is 11.4 Å². The number of anilines is 2. The van der Waals surface area contributed by atoms with E-state index in [1.54, 1.807) is 21.3 Å². The Bertz CT molecular complexity index is 783. The summed E-state index contributed by atoms with van der Waals surface area (Å²) in [6, 6.07) is 12.9. The molecule has 0 aliphatic carbocycles. The second-order valence-electron chi connectivity index (χ2n) is 7.17. The van der Waals surface area contributed by atoms with Gasteiger partial charge in [-0.2, -0.15) is 0 Å². The van der Waals surface area contributed by atoms with E-state index in [0.29, 0.717) is 23.4 Å². The van der Waals surface area contributed by atoms with Crippen LogP contribution in [0.3, 0.4) is 0 Å². The van der Waals surface area contributed by atoms with Crippen molar-refractivity contribution in [1.82, 2.24) is 0 Å². The summed E-state index contributed by atoms with van der Waals surface area (Å²) in [4.78, 5) is 5.11. The first kappa shape index (κ1) is 17.8. The fraction of sp³-hybridized carbons (Fsp3) is 0.455. The van der Waals surface area contributed by atoms with Crippen LogP contribution in [-0.2, 0) is 6.54 Å². The van der Waals surface area contributed by atoms with Gasteiger partial charge >= 0.3 is 0 Å². The van der Waals surface area contributed by atoms with E-state index in [1.807, 2.05) is 0 Å². The van der Waals surface area contributed by atoms with Gasteiger partial charge in [-0.1, -0.05) is 18.6 Å². The van der Waals surface area contributed by atoms with Gasteiger partial charge in [-0.3, -0.25) is 0 Å². The summed E-state index contributed by atoms with van der Waals surface area (Å²) >= 11 is 0. The standard InChI is InChI=1S/C22H28N2O3/c1-25-19-13-16(14-20(26-2)22(19)27-3)15-24-18-10-7-6-9-17(18)23-12-8-4-5-11-21(23)24/h6-7,9-10,13-14,21H,4-5,8,11-12,15H2,1-3H3/t21-/m0/s1. The van der Waals surface area contributed by atoms with Crippen LogP contribution in [0.1, 0.15) is 31.2 Å². The molecule has 0 amide bonds. The van der Waals surface area contributed by atoms with Gasteiger partial charge in [0.15, 0.2) is 11.5 Å². The van der Waals surface area contributed by atoms with E-state index in [9.17, 15) is 0 Å². The number of ether oxygens (including phenoxy) is 3. The van der Waals surface area contributed by atoms with Crippen molar-refractivity contribution in [2.24, 2.45) is 0 Å². The summed E-state index contributed by atoms with van der Waals surface area (Å²) in [6.07, 6.45) is 5.47. The zero-order valence-electron chi connectivity index (χ0n) is 16.4. The van der Waals surface area contributed by atoms with Crippen LogP contribution in [-0.4, -0.2) is 34.0 Å². The molecule has 1 atom stereocenters. The number of fused-ring (bicyclic) bond motifs is 3. The molecule has 2 heterocycles. The molecule has 0 saturated carbocycles. The molecule has 0 N–H and O–H groups in total. The number of para-hydroxylation sites is 2. The highest BCUT2D eigenvalue weighted by atomic mass is 16.5. The molecule has 5 heteroatoms. The third-order valence-corrected chi connectivity index (χ3v) is 5.66. The number of rotatable bonds is 5. The fourth-order valence-electron chi connectivity index (χ4n) is 4.42. The first-order valence-electron chi connectivity index (χ1n) is 9.68. The van der Waals surface area contributed by atoms with Gasteiger partial charge in [0.05, 0.1) is 32.7 Å². The Kier molecular flexibility index (Phi) is 5.01. The van der Waals surface area contributed by atoms with Crippen LogP contribution in [0.2, 0.25) is 0 Å². The van der Waals surface area contributed by atoms with Crippen LogP contribution >= 0.6 is 0 Å². The largest absolute Gasteiger partial charge is 0.493 e. The molecule has 0 aromatic heterocycles. The predicted molar refractivity (Wildman–Crippen MR) is 108 cm³/mol. The molecule has 0 spiro atoms. The maximum absolute atomic E-state index is 5.55. The minimum atomic E-state index is 0.420. The van der Waals surface area contributed by atoms with Gasteiger partial charge in [-0.05, 0) is 49.1 Å². The van der Waals surface area contributed by atoms with E-state index in [1.165, 1.54) is 37.1 Å². The van der Waals surface area contributed by atoms with Crippen LogP contribution in [0, 0.1) is 0 Å². The third kappa shape index (κ3) is 3.15. The Balaban J connectivity index is 1.71. The number of benzene rings is 2. The third-order valence-electron chi connectivity index (χ3n) is 5.66. The van der Waals surface area contributed by atoms with Crippen LogP contribution in [0.5, 0.6) is 17.2 Å². The predicted octanol–water partition coefficient (Wildman–Crippen LogP) is 4.44. The van der Waals surface area contributed by atoms with Crippen molar-refractivity contribution in [3.63, 3.8) is 0 Å². The summed E-state index contributed by atoms with van der Waals surface area (Å²) in [5.41, 5.74) is 3.83. The smallest absolute Gasteiger partial charge is 0.203 e. The van der Waals surface area contributed by atoms with Gasteiger partial charge in [0.1, 0.15) is 6.17 Å². The van der Waals surface area contributed by atoms with Crippen molar-refractivity contribution in [3.8, 4) is 17.2 Å². The van der Waals surface area contributed by atoms with Crippen molar-refractivity contribution in [2.75, 3.05) is 37.7 Å². The number of nitrogens with zero attached hydrogens (tertiary/aromatic N) is 2. The summed E-state index contributed by atoms with van der Waals surface area (Å²) in [5, 5.41) is 0. The molecule has 0 bridgehead atoms. The molecule has 1 saturated heterocycles. The van der Waals surface area contributed by atoms with Crippen molar-refractivity contribution in [2.45, 2.75) is 38.4 Å². The second kappa shape index (κ2) is 7.59. The van der Waals surface area contributed by atoms with E-state index < -0.39 is 0 Å². The Hall–Kier alpha value is -2.56. The van der Waals surface area contributed by atoms with Crippen molar-refractivity contribution in [1.29, 1.82) is 0 Å². The molecule has 1 fully saturated rings. The molecular weight excluding hydrogens is 340 g/mol. The molecule has 0 radical (unpaired) electrons. The molecule has 144 valence electrons. The summed E-state index contributed by atoms with van der Waals surface area (Å²) in [6.45, 7) is 1.95.